The van der Waals surface area contributed by atoms with E-state index < -0.39 is 17.8 Å². The quantitative estimate of drug-likeness (QED) is 0.624. The average molecular weight is 458 g/mol. The van der Waals surface area contributed by atoms with Gasteiger partial charge in [-0.2, -0.15) is 13.2 Å². The molecule has 2 aromatic heterocycles. The van der Waals surface area contributed by atoms with Crippen LogP contribution in [0.4, 0.5) is 19.0 Å². The molecule has 4 heterocycles. The molecule has 1 saturated heterocycles. The Balaban J connectivity index is 1.49. The van der Waals surface area contributed by atoms with E-state index in [-0.39, 0.29) is 18.6 Å². The second kappa shape index (κ2) is 7.96. The van der Waals surface area contributed by atoms with Gasteiger partial charge in [-0.1, -0.05) is 0 Å². The first-order valence-corrected chi connectivity index (χ1v) is 10.5. The van der Waals surface area contributed by atoms with Crippen molar-refractivity contribution in [1.82, 2.24) is 14.9 Å². The number of carbonyl (C=O) groups is 1. The minimum absolute atomic E-state index is 0.149. The number of anilines is 1. The van der Waals surface area contributed by atoms with Crippen LogP contribution < -0.4 is 5.73 Å². The number of morpholine rings is 1. The number of amides is 1. The molecule has 0 bridgehead atoms. The number of nitrogen functional groups attached to an aromatic ring is 1. The van der Waals surface area contributed by atoms with Gasteiger partial charge in [0.25, 0.3) is 5.91 Å². The summed E-state index contributed by atoms with van der Waals surface area (Å²) in [7, 11) is 0. The number of hydrogen-bond donors (Lipinski definition) is 1. The normalized spacial score (nSPS) is 20.8. The van der Waals surface area contributed by atoms with E-state index in [1.54, 1.807) is 23.1 Å². The molecule has 0 aliphatic carbocycles. The number of alkyl halides is 3. The second-order valence-electron chi connectivity index (χ2n) is 8.13. The number of aromatic nitrogens is 2. The largest absolute Gasteiger partial charge is 0.417 e. The minimum Gasteiger partial charge on any atom is -0.383 e. The number of nitrogens with two attached hydrogens (primary N) is 1. The Morgan fingerprint density at radius 3 is 2.79 bits per heavy atom. The van der Waals surface area contributed by atoms with E-state index in [1.807, 2.05) is 6.92 Å². The van der Waals surface area contributed by atoms with Crippen molar-refractivity contribution >= 4 is 22.6 Å². The summed E-state index contributed by atoms with van der Waals surface area (Å²) >= 11 is 0. The standard InChI is InChI=1S/C23H21F3N4O3/c1-12-20-16(10-33-12)15-8-13(2-4-17(15)29-21(20)27)22(31)30-6-7-32-11-19(30)18-5-3-14(9-28-18)23(24,25)26/h2-5,8-9,12,19H,6-7,10-11H2,1H3,(H2,27,29)/t12-,19+/m1/s1. The van der Waals surface area contributed by atoms with Crippen LogP contribution in [0, 0.1) is 0 Å². The molecule has 2 aliphatic rings. The summed E-state index contributed by atoms with van der Waals surface area (Å²) in [5, 5.41) is 0.798. The van der Waals surface area contributed by atoms with Gasteiger partial charge in [0.1, 0.15) is 5.82 Å². The van der Waals surface area contributed by atoms with E-state index in [0.29, 0.717) is 42.4 Å². The summed E-state index contributed by atoms with van der Waals surface area (Å²) in [6, 6.07) is 6.86. The van der Waals surface area contributed by atoms with Gasteiger partial charge in [0.2, 0.25) is 0 Å². The van der Waals surface area contributed by atoms with Crippen LogP contribution in [0.2, 0.25) is 0 Å². The number of hydrogen-bond acceptors (Lipinski definition) is 6. The highest BCUT2D eigenvalue weighted by Gasteiger charge is 2.34. The number of nitrogens with zero attached hydrogens (tertiary/aromatic N) is 3. The maximum Gasteiger partial charge on any atom is 0.417 e. The van der Waals surface area contributed by atoms with Gasteiger partial charge in [-0.15, -0.1) is 0 Å². The van der Waals surface area contributed by atoms with Crippen LogP contribution in [0.5, 0.6) is 0 Å². The van der Waals surface area contributed by atoms with Crippen molar-refractivity contribution in [2.24, 2.45) is 0 Å². The van der Waals surface area contributed by atoms with Gasteiger partial charge in [-0.25, -0.2) is 4.98 Å². The number of fused-ring (bicyclic) bond motifs is 3. The average Bonchev–Trinajstić information content (AvgIpc) is 3.20. The third kappa shape index (κ3) is 3.79. The van der Waals surface area contributed by atoms with E-state index in [4.69, 9.17) is 15.2 Å². The highest BCUT2D eigenvalue weighted by atomic mass is 19.4. The fourth-order valence-electron chi connectivity index (χ4n) is 4.43. The van der Waals surface area contributed by atoms with Crippen LogP contribution in [-0.4, -0.2) is 40.5 Å². The minimum atomic E-state index is -4.48. The van der Waals surface area contributed by atoms with Crippen LogP contribution in [0.15, 0.2) is 36.5 Å². The Kier molecular flexibility index (Phi) is 5.21. The Morgan fingerprint density at radius 1 is 1.24 bits per heavy atom. The lowest BCUT2D eigenvalue weighted by Crippen LogP contribution is -2.43. The van der Waals surface area contributed by atoms with Gasteiger partial charge >= 0.3 is 6.18 Å². The Labute approximate surface area is 187 Å². The van der Waals surface area contributed by atoms with Crippen molar-refractivity contribution in [2.75, 3.05) is 25.5 Å². The summed E-state index contributed by atoms with van der Waals surface area (Å²) in [6.07, 6.45) is -3.87. The van der Waals surface area contributed by atoms with Crippen LogP contribution in [0.25, 0.3) is 10.9 Å². The molecule has 0 spiro atoms. The number of ether oxygens (including phenoxy) is 2. The van der Waals surface area contributed by atoms with E-state index >= 15 is 0 Å². The first-order chi connectivity index (χ1) is 15.7. The van der Waals surface area contributed by atoms with Gasteiger partial charge in [0, 0.05) is 29.3 Å². The molecule has 2 N–H and O–H groups in total. The molecule has 1 fully saturated rings. The van der Waals surface area contributed by atoms with Gasteiger partial charge < -0.3 is 20.1 Å². The van der Waals surface area contributed by atoms with Crippen molar-refractivity contribution in [3.63, 3.8) is 0 Å². The molecule has 1 aromatic carbocycles. The smallest absolute Gasteiger partial charge is 0.383 e. The van der Waals surface area contributed by atoms with Crippen molar-refractivity contribution in [1.29, 1.82) is 0 Å². The fourth-order valence-corrected chi connectivity index (χ4v) is 4.43. The molecule has 5 rings (SSSR count). The molecular weight excluding hydrogens is 437 g/mol. The first kappa shape index (κ1) is 21.6. The van der Waals surface area contributed by atoms with Crippen molar-refractivity contribution in [3.05, 3.63) is 64.5 Å². The van der Waals surface area contributed by atoms with Gasteiger partial charge in [-0.05, 0) is 42.8 Å². The first-order valence-electron chi connectivity index (χ1n) is 10.5. The predicted molar refractivity (Wildman–Crippen MR) is 113 cm³/mol. The van der Waals surface area contributed by atoms with Crippen molar-refractivity contribution < 1.29 is 27.4 Å². The van der Waals surface area contributed by atoms with Crippen LogP contribution in [-0.2, 0) is 22.3 Å². The Bertz CT molecular complexity index is 1230. The van der Waals surface area contributed by atoms with E-state index in [0.717, 1.165) is 28.8 Å². The van der Waals surface area contributed by atoms with Crippen molar-refractivity contribution in [2.45, 2.75) is 31.9 Å². The Hall–Kier alpha value is -3.24. The van der Waals surface area contributed by atoms with Crippen LogP contribution in [0.1, 0.15) is 51.8 Å². The highest BCUT2D eigenvalue weighted by Crippen LogP contribution is 2.38. The lowest BCUT2D eigenvalue weighted by Gasteiger charge is -2.35. The molecule has 33 heavy (non-hydrogen) atoms. The molecule has 2 aliphatic heterocycles. The number of benzene rings is 1. The summed E-state index contributed by atoms with van der Waals surface area (Å²) < 4.78 is 50.0. The lowest BCUT2D eigenvalue weighted by molar-refractivity contribution is -0.137. The molecular formula is C23H21F3N4O3. The molecule has 1 amide bonds. The van der Waals surface area contributed by atoms with E-state index in [9.17, 15) is 18.0 Å². The number of rotatable bonds is 2. The van der Waals surface area contributed by atoms with Crippen molar-refractivity contribution in [3.8, 4) is 0 Å². The molecule has 10 heteroatoms. The van der Waals surface area contributed by atoms with E-state index in [1.165, 1.54) is 6.07 Å². The monoisotopic (exact) mass is 458 g/mol. The molecule has 2 atom stereocenters. The summed E-state index contributed by atoms with van der Waals surface area (Å²) in [6.45, 7) is 3.06. The van der Waals surface area contributed by atoms with Gasteiger partial charge in [0.05, 0.1) is 48.7 Å². The van der Waals surface area contributed by atoms with Crippen LogP contribution in [0.3, 0.4) is 0 Å². The highest BCUT2D eigenvalue weighted by molar-refractivity contribution is 5.99. The number of pyridine rings is 2. The topological polar surface area (TPSA) is 90.6 Å². The zero-order valence-corrected chi connectivity index (χ0v) is 17.7. The zero-order chi connectivity index (χ0) is 23.3. The molecule has 3 aromatic rings. The van der Waals surface area contributed by atoms with Gasteiger partial charge in [-0.3, -0.25) is 9.78 Å². The molecule has 7 nitrogen and oxygen atoms in total. The fraction of sp³-hybridized carbons (Fsp3) is 0.348. The molecule has 172 valence electrons. The summed E-state index contributed by atoms with van der Waals surface area (Å²) in [4.78, 5) is 23.5. The predicted octanol–water partition coefficient (Wildman–Crippen LogP) is 4.04. The molecule has 0 saturated carbocycles. The third-order valence-corrected chi connectivity index (χ3v) is 6.14. The van der Waals surface area contributed by atoms with Gasteiger partial charge in [0.15, 0.2) is 0 Å². The maximum absolute atomic E-state index is 13.5. The van der Waals surface area contributed by atoms with E-state index in [2.05, 4.69) is 9.97 Å². The third-order valence-electron chi connectivity index (χ3n) is 6.14. The molecule has 0 unspecified atom stereocenters. The zero-order valence-electron chi connectivity index (χ0n) is 17.7. The lowest BCUT2D eigenvalue weighted by atomic mass is 9.99. The maximum atomic E-state index is 13.5. The SMILES string of the molecule is C[C@H]1OCc2c1c(N)nc1ccc(C(=O)N3CCOC[C@H]3c3ccc(C(F)(F)F)cn3)cc21. The molecule has 0 radical (unpaired) electrons. The number of halogens is 3. The number of carbonyl (C=O) groups excluding carboxylic acids is 1. The summed E-state index contributed by atoms with van der Waals surface area (Å²) in [5.74, 6) is 0.160. The Morgan fingerprint density at radius 2 is 2.06 bits per heavy atom. The van der Waals surface area contributed by atoms with Crippen LogP contribution >= 0.6 is 0 Å². The summed E-state index contributed by atoms with van der Waals surface area (Å²) in [5.41, 5.74) is 8.47. The second-order valence-corrected chi connectivity index (χ2v) is 8.13.